The predicted molar refractivity (Wildman–Crippen MR) is 105 cm³/mol. The summed E-state index contributed by atoms with van der Waals surface area (Å²) in [4.78, 5) is 18.1. The number of carbonyl (C=O) groups excluding carboxylic acids is 1. The maximum atomic E-state index is 13.9. The first-order chi connectivity index (χ1) is 14.4. The molecule has 1 aliphatic heterocycles. The van der Waals surface area contributed by atoms with E-state index in [0.717, 1.165) is 28.9 Å². The lowest BCUT2D eigenvalue weighted by Crippen LogP contribution is -2.58. The van der Waals surface area contributed by atoms with Crippen LogP contribution in [0.2, 0.25) is 0 Å². The first kappa shape index (κ1) is 19.7. The van der Waals surface area contributed by atoms with Crippen LogP contribution in [-0.2, 0) is 11.2 Å². The highest BCUT2D eigenvalue weighted by Gasteiger charge is 2.42. The van der Waals surface area contributed by atoms with Crippen LogP contribution in [0.4, 0.5) is 13.6 Å². The molecule has 2 aromatic heterocycles. The molecular formula is C21H27F2N5O2. The number of imidazole rings is 1. The first-order valence-corrected chi connectivity index (χ1v) is 10.7. The molecule has 2 aromatic rings. The molecule has 2 aliphatic carbocycles. The van der Waals surface area contributed by atoms with E-state index in [9.17, 15) is 13.6 Å². The highest BCUT2D eigenvalue weighted by Crippen LogP contribution is 2.50. The van der Waals surface area contributed by atoms with Crippen molar-refractivity contribution in [2.75, 3.05) is 26.8 Å². The maximum absolute atomic E-state index is 13.9. The monoisotopic (exact) mass is 419 g/mol. The Morgan fingerprint density at radius 2 is 2.10 bits per heavy atom. The van der Waals surface area contributed by atoms with Crippen LogP contribution in [0.25, 0.3) is 5.65 Å². The smallest absolute Gasteiger partial charge is 0.318 e. The molecular weight excluding hydrogens is 392 g/mol. The van der Waals surface area contributed by atoms with Crippen molar-refractivity contribution in [3.8, 4) is 0 Å². The van der Waals surface area contributed by atoms with Crippen molar-refractivity contribution in [1.82, 2.24) is 24.8 Å². The summed E-state index contributed by atoms with van der Waals surface area (Å²) >= 11 is 0. The van der Waals surface area contributed by atoms with Crippen molar-refractivity contribution in [2.24, 2.45) is 17.8 Å². The number of amides is 2. The lowest BCUT2D eigenvalue weighted by atomic mass is 9.77. The van der Waals surface area contributed by atoms with Gasteiger partial charge >= 0.3 is 6.03 Å². The molecule has 1 saturated heterocycles. The molecule has 1 unspecified atom stereocenters. The number of hydrogen-bond acceptors (Lipinski definition) is 4. The average molecular weight is 419 g/mol. The maximum Gasteiger partial charge on any atom is 0.318 e. The van der Waals surface area contributed by atoms with Gasteiger partial charge in [0.25, 0.3) is 5.92 Å². The largest absolute Gasteiger partial charge is 0.382 e. The summed E-state index contributed by atoms with van der Waals surface area (Å²) in [5, 5.41) is 6.70. The van der Waals surface area contributed by atoms with Gasteiger partial charge in [-0.05, 0) is 55.9 Å². The van der Waals surface area contributed by atoms with Crippen molar-refractivity contribution in [2.45, 2.75) is 44.1 Å². The zero-order valence-electron chi connectivity index (χ0n) is 17.1. The molecule has 0 spiro atoms. The molecule has 0 aromatic carbocycles. The third kappa shape index (κ3) is 3.64. The fourth-order valence-electron chi connectivity index (χ4n) is 5.35. The van der Waals surface area contributed by atoms with Crippen LogP contribution in [0.5, 0.6) is 0 Å². The Bertz CT molecular complexity index is 937. The van der Waals surface area contributed by atoms with Gasteiger partial charge in [-0.1, -0.05) is 0 Å². The number of hydrogen-bond donors (Lipinski definition) is 1. The molecule has 5 rings (SSSR count). The molecule has 4 atom stereocenters. The van der Waals surface area contributed by atoms with Crippen molar-refractivity contribution in [3.63, 3.8) is 0 Å². The van der Waals surface area contributed by atoms with E-state index in [1.807, 2.05) is 12.3 Å². The van der Waals surface area contributed by atoms with Gasteiger partial charge in [-0.3, -0.25) is 0 Å². The summed E-state index contributed by atoms with van der Waals surface area (Å²) in [6.07, 6.45) is 9.86. The Morgan fingerprint density at radius 1 is 1.33 bits per heavy atom. The molecule has 1 N–H and O–H groups in total. The number of fused-ring (bicyclic) bond motifs is 2. The van der Waals surface area contributed by atoms with E-state index >= 15 is 0 Å². The van der Waals surface area contributed by atoms with E-state index in [1.54, 1.807) is 10.7 Å². The molecule has 3 fully saturated rings. The number of nitrogens with one attached hydrogen (secondary N) is 1. The molecule has 3 aliphatic rings. The second-order valence-corrected chi connectivity index (χ2v) is 9.08. The van der Waals surface area contributed by atoms with Gasteiger partial charge in [-0.2, -0.15) is 5.10 Å². The highest BCUT2D eigenvalue weighted by molar-refractivity contribution is 5.76. The average Bonchev–Trinajstić information content (AvgIpc) is 3.22. The molecule has 30 heavy (non-hydrogen) atoms. The molecule has 0 radical (unpaired) electrons. The van der Waals surface area contributed by atoms with Crippen LogP contribution in [0.15, 0.2) is 18.5 Å². The van der Waals surface area contributed by atoms with E-state index < -0.39 is 31.1 Å². The minimum atomic E-state index is -2.99. The second-order valence-electron chi connectivity index (χ2n) is 9.08. The van der Waals surface area contributed by atoms with Gasteiger partial charge in [0.05, 0.1) is 43.8 Å². The van der Waals surface area contributed by atoms with Crippen LogP contribution in [0, 0.1) is 17.8 Å². The molecule has 7 nitrogen and oxygen atoms in total. The second kappa shape index (κ2) is 7.44. The van der Waals surface area contributed by atoms with Crippen LogP contribution >= 0.6 is 0 Å². The van der Waals surface area contributed by atoms with Crippen LogP contribution in [-0.4, -0.2) is 58.3 Å². The SMILES string of the molecule is COC[C@H](c1cnn2cc(CC3C[C@H]4CC[C@H]4C3)nc2c1)N1CC(F)(F)CNC1=O. The third-order valence-electron chi connectivity index (χ3n) is 6.98. The number of alkyl halides is 2. The molecule has 2 amide bonds. The van der Waals surface area contributed by atoms with E-state index in [2.05, 4.69) is 10.4 Å². The summed E-state index contributed by atoms with van der Waals surface area (Å²) in [6, 6.07) is 0.630. The first-order valence-electron chi connectivity index (χ1n) is 10.7. The molecule has 162 valence electrons. The molecule has 2 saturated carbocycles. The zero-order chi connectivity index (χ0) is 20.9. The normalized spacial score (nSPS) is 28.8. The van der Waals surface area contributed by atoms with Gasteiger partial charge < -0.3 is 15.0 Å². The summed E-state index contributed by atoms with van der Waals surface area (Å²) in [5.74, 6) is -0.466. The molecule has 9 heteroatoms. The number of halogens is 2. The van der Waals surface area contributed by atoms with Crippen molar-refractivity contribution < 1.29 is 18.3 Å². The van der Waals surface area contributed by atoms with E-state index in [-0.39, 0.29) is 6.61 Å². The van der Waals surface area contributed by atoms with E-state index in [4.69, 9.17) is 9.72 Å². The van der Waals surface area contributed by atoms with Crippen LogP contribution in [0.3, 0.4) is 0 Å². The predicted octanol–water partition coefficient (Wildman–Crippen LogP) is 3.06. The lowest BCUT2D eigenvalue weighted by Gasteiger charge is -2.38. The summed E-state index contributed by atoms with van der Waals surface area (Å²) in [5.41, 5.74) is 2.30. The number of aromatic nitrogens is 3. The fourth-order valence-corrected chi connectivity index (χ4v) is 5.35. The number of urea groups is 1. The minimum Gasteiger partial charge on any atom is -0.382 e. The van der Waals surface area contributed by atoms with Gasteiger partial charge in [0, 0.05) is 12.7 Å². The minimum absolute atomic E-state index is 0.0970. The van der Waals surface area contributed by atoms with Crippen LogP contribution < -0.4 is 5.32 Å². The standard InChI is InChI=1S/C21H27F2N5O2/c1-30-10-18(27-12-21(22,23)11-24-20(27)29)16-7-19-26-17(9-28(19)25-8-16)6-13-4-14-2-3-15(14)5-13/h7-9,13-15,18H,2-6,10-12H2,1H3,(H,24,29)/t13?,14-,15+,18-/m1/s1. The Labute approximate surface area is 173 Å². The number of nitrogens with zero attached hydrogens (tertiary/aromatic N) is 4. The number of methoxy groups -OCH3 is 1. The van der Waals surface area contributed by atoms with Crippen molar-refractivity contribution in [3.05, 3.63) is 29.7 Å². The van der Waals surface area contributed by atoms with Crippen LogP contribution in [0.1, 0.15) is 43.0 Å². The highest BCUT2D eigenvalue weighted by atomic mass is 19.3. The van der Waals surface area contributed by atoms with Crippen molar-refractivity contribution in [1.29, 1.82) is 0 Å². The zero-order valence-corrected chi connectivity index (χ0v) is 17.1. The summed E-state index contributed by atoms with van der Waals surface area (Å²) in [7, 11) is 1.49. The quantitative estimate of drug-likeness (QED) is 0.781. The Hall–Kier alpha value is -2.29. The summed E-state index contributed by atoms with van der Waals surface area (Å²) in [6.45, 7) is -1.20. The summed E-state index contributed by atoms with van der Waals surface area (Å²) < 4.78 is 34.8. The van der Waals surface area contributed by atoms with Gasteiger partial charge in [0.15, 0.2) is 5.65 Å². The third-order valence-corrected chi connectivity index (χ3v) is 6.98. The topological polar surface area (TPSA) is 71.8 Å². The number of ether oxygens (including phenoxy) is 1. The Morgan fingerprint density at radius 3 is 2.80 bits per heavy atom. The van der Waals surface area contributed by atoms with Gasteiger partial charge in [0.1, 0.15) is 0 Å². The number of carbonyl (C=O) groups is 1. The Kier molecular flexibility index (Phi) is 4.88. The van der Waals surface area contributed by atoms with Gasteiger partial charge in [-0.25, -0.2) is 23.1 Å². The fraction of sp³-hybridized carbons (Fsp3) is 0.667. The van der Waals surface area contributed by atoms with Gasteiger partial charge in [-0.15, -0.1) is 0 Å². The molecule has 0 bridgehead atoms. The van der Waals surface area contributed by atoms with E-state index in [1.165, 1.54) is 32.8 Å². The lowest BCUT2D eigenvalue weighted by molar-refractivity contribution is -0.0509. The Balaban J connectivity index is 1.37. The van der Waals surface area contributed by atoms with Crippen molar-refractivity contribution >= 4 is 11.7 Å². The number of rotatable bonds is 6. The van der Waals surface area contributed by atoms with Gasteiger partial charge in [0.2, 0.25) is 0 Å². The van der Waals surface area contributed by atoms with E-state index in [0.29, 0.717) is 17.1 Å². The molecule has 3 heterocycles.